The molecule has 144 valence electrons. The number of imide groups is 1. The largest absolute Gasteiger partial charge is 0.369 e. The second kappa shape index (κ2) is 7.97. The minimum Gasteiger partial charge on any atom is -0.369 e. The summed E-state index contributed by atoms with van der Waals surface area (Å²) in [4.78, 5) is 28.4. The fourth-order valence-electron chi connectivity index (χ4n) is 3.44. The number of hydrogen-bond donors (Lipinski definition) is 0. The van der Waals surface area contributed by atoms with E-state index in [2.05, 4.69) is 4.90 Å². The van der Waals surface area contributed by atoms with Crippen LogP contribution in [0.1, 0.15) is 24.8 Å². The summed E-state index contributed by atoms with van der Waals surface area (Å²) in [5, 5.41) is 0.138. The molecule has 0 atom stereocenters. The lowest BCUT2D eigenvalue weighted by molar-refractivity contribution is -0.113. The first-order valence-corrected chi connectivity index (χ1v) is 10.3. The Hall–Kier alpha value is -2.31. The van der Waals surface area contributed by atoms with Crippen LogP contribution in [0.2, 0.25) is 5.02 Å². The molecule has 0 unspecified atom stereocenters. The average Bonchev–Trinajstić information content (AvgIpc) is 2.97. The Kier molecular flexibility index (Phi) is 5.42. The van der Waals surface area contributed by atoms with E-state index in [0.717, 1.165) is 42.6 Å². The van der Waals surface area contributed by atoms with Crippen LogP contribution in [-0.4, -0.2) is 24.2 Å². The van der Waals surface area contributed by atoms with Crippen molar-refractivity contribution in [3.8, 4) is 0 Å². The molecule has 0 aliphatic carbocycles. The number of carbonyl (C=O) groups excluding carboxylic acids is 2. The van der Waals surface area contributed by atoms with E-state index in [1.807, 2.05) is 0 Å². The zero-order chi connectivity index (χ0) is 19.7. The van der Waals surface area contributed by atoms with Gasteiger partial charge in [0.2, 0.25) is 0 Å². The maximum atomic E-state index is 14.6. The summed E-state index contributed by atoms with van der Waals surface area (Å²) in [6.07, 6.45) is 4.88. The molecule has 0 N–H and O–H groups in total. The summed E-state index contributed by atoms with van der Waals surface area (Å²) in [5.41, 5.74) is 1.60. The molecule has 0 bridgehead atoms. The molecule has 0 aromatic heterocycles. The van der Waals surface area contributed by atoms with Crippen molar-refractivity contribution in [3.63, 3.8) is 0 Å². The Labute approximate surface area is 172 Å². The van der Waals surface area contributed by atoms with Crippen LogP contribution in [0.4, 0.5) is 20.6 Å². The highest BCUT2D eigenvalue weighted by Gasteiger charge is 2.36. The molecule has 2 fully saturated rings. The molecule has 2 heterocycles. The Morgan fingerprint density at radius 3 is 2.39 bits per heavy atom. The maximum Gasteiger partial charge on any atom is 0.298 e. The predicted molar refractivity (Wildman–Crippen MR) is 112 cm³/mol. The van der Waals surface area contributed by atoms with Gasteiger partial charge in [0.25, 0.3) is 11.1 Å². The number of piperidine rings is 1. The third-order valence-corrected chi connectivity index (χ3v) is 5.97. The molecule has 2 saturated heterocycles. The van der Waals surface area contributed by atoms with E-state index < -0.39 is 5.91 Å². The Bertz CT molecular complexity index is 955. The molecule has 0 radical (unpaired) electrons. The fraction of sp³-hybridized carbons (Fsp3) is 0.238. The van der Waals surface area contributed by atoms with Gasteiger partial charge in [-0.15, -0.1) is 0 Å². The van der Waals surface area contributed by atoms with Crippen LogP contribution in [0.3, 0.4) is 0 Å². The first kappa shape index (κ1) is 19.0. The summed E-state index contributed by atoms with van der Waals surface area (Å²) >= 11 is 6.71. The van der Waals surface area contributed by atoms with E-state index in [-0.39, 0.29) is 16.0 Å². The molecule has 28 heavy (non-hydrogen) atoms. The molecule has 2 aliphatic rings. The SMILES string of the molecule is O=C1S/C(=C/c2ccc(N3CCCCC3)c(F)c2)C(=O)N1c1ccc(Cl)cc1. The van der Waals surface area contributed by atoms with E-state index >= 15 is 0 Å². The van der Waals surface area contributed by atoms with Gasteiger partial charge >= 0.3 is 0 Å². The number of thioether (sulfide) groups is 1. The minimum absolute atomic E-state index is 0.269. The monoisotopic (exact) mass is 416 g/mol. The summed E-state index contributed by atoms with van der Waals surface area (Å²) in [5.74, 6) is -0.731. The zero-order valence-corrected chi connectivity index (χ0v) is 16.6. The normalized spacial score (nSPS) is 19.0. The molecular weight excluding hydrogens is 399 g/mol. The second-order valence-corrected chi connectivity index (χ2v) is 8.18. The van der Waals surface area contributed by atoms with E-state index in [9.17, 15) is 14.0 Å². The highest BCUT2D eigenvalue weighted by molar-refractivity contribution is 8.19. The molecule has 4 rings (SSSR count). The topological polar surface area (TPSA) is 40.6 Å². The van der Waals surface area contributed by atoms with E-state index in [1.54, 1.807) is 42.5 Å². The number of amides is 2. The molecule has 0 spiro atoms. The summed E-state index contributed by atoms with van der Waals surface area (Å²) in [6, 6.07) is 11.4. The quantitative estimate of drug-likeness (QED) is 0.601. The number of benzene rings is 2. The van der Waals surface area contributed by atoms with Gasteiger partial charge in [-0.05, 0) is 79.1 Å². The molecule has 2 aromatic rings. The van der Waals surface area contributed by atoms with Gasteiger partial charge in [-0.25, -0.2) is 9.29 Å². The van der Waals surface area contributed by atoms with Crippen LogP contribution in [-0.2, 0) is 4.79 Å². The van der Waals surface area contributed by atoms with Crippen LogP contribution in [0.5, 0.6) is 0 Å². The molecule has 2 aliphatic heterocycles. The molecule has 0 saturated carbocycles. The van der Waals surface area contributed by atoms with Crippen LogP contribution in [0.25, 0.3) is 6.08 Å². The predicted octanol–water partition coefficient (Wildman–Crippen LogP) is 5.71. The van der Waals surface area contributed by atoms with Crippen LogP contribution < -0.4 is 9.80 Å². The third kappa shape index (κ3) is 3.80. The summed E-state index contributed by atoms with van der Waals surface area (Å²) in [6.45, 7) is 1.71. The molecule has 2 amide bonds. The van der Waals surface area contributed by atoms with Gasteiger partial charge < -0.3 is 4.90 Å². The van der Waals surface area contributed by atoms with Crippen molar-refractivity contribution in [3.05, 3.63) is 63.8 Å². The second-order valence-electron chi connectivity index (χ2n) is 6.75. The first-order chi connectivity index (χ1) is 13.5. The van der Waals surface area contributed by atoms with Gasteiger partial charge in [0.1, 0.15) is 5.82 Å². The Morgan fingerprint density at radius 2 is 1.71 bits per heavy atom. The highest BCUT2D eigenvalue weighted by atomic mass is 35.5. The van der Waals surface area contributed by atoms with Crippen molar-refractivity contribution >= 4 is 52.0 Å². The van der Waals surface area contributed by atoms with Crippen molar-refractivity contribution < 1.29 is 14.0 Å². The van der Waals surface area contributed by atoms with Crippen molar-refractivity contribution in [1.82, 2.24) is 0 Å². The van der Waals surface area contributed by atoms with E-state index in [4.69, 9.17) is 11.6 Å². The van der Waals surface area contributed by atoms with Crippen LogP contribution >= 0.6 is 23.4 Å². The Balaban J connectivity index is 1.57. The van der Waals surface area contributed by atoms with Gasteiger partial charge in [0.15, 0.2) is 0 Å². The first-order valence-electron chi connectivity index (χ1n) is 9.11. The summed E-state index contributed by atoms with van der Waals surface area (Å²) < 4.78 is 14.6. The van der Waals surface area contributed by atoms with E-state index in [1.165, 1.54) is 12.5 Å². The summed E-state index contributed by atoms with van der Waals surface area (Å²) in [7, 11) is 0. The van der Waals surface area contributed by atoms with Gasteiger partial charge in [0.05, 0.1) is 16.3 Å². The van der Waals surface area contributed by atoms with Gasteiger partial charge in [-0.1, -0.05) is 17.7 Å². The highest BCUT2D eigenvalue weighted by Crippen LogP contribution is 2.36. The minimum atomic E-state index is -0.419. The number of nitrogens with zero attached hydrogens (tertiary/aromatic N) is 2. The average molecular weight is 417 g/mol. The third-order valence-electron chi connectivity index (χ3n) is 4.84. The van der Waals surface area contributed by atoms with E-state index in [0.29, 0.717) is 22.0 Å². The lowest BCUT2D eigenvalue weighted by Crippen LogP contribution is -2.30. The molecule has 2 aromatic carbocycles. The van der Waals surface area contributed by atoms with Crippen molar-refractivity contribution in [2.75, 3.05) is 22.9 Å². The molecule has 7 heteroatoms. The lowest BCUT2D eigenvalue weighted by Gasteiger charge is -2.29. The number of hydrogen-bond acceptors (Lipinski definition) is 4. The number of anilines is 2. The number of rotatable bonds is 3. The van der Waals surface area contributed by atoms with Crippen LogP contribution in [0, 0.1) is 5.82 Å². The van der Waals surface area contributed by atoms with Crippen molar-refractivity contribution in [2.45, 2.75) is 19.3 Å². The number of carbonyl (C=O) groups is 2. The Morgan fingerprint density at radius 1 is 1.00 bits per heavy atom. The van der Waals surface area contributed by atoms with Gasteiger partial charge in [-0.3, -0.25) is 9.59 Å². The number of halogens is 2. The molecular formula is C21H18ClFN2O2S. The van der Waals surface area contributed by atoms with Gasteiger partial charge in [-0.2, -0.15) is 0 Å². The van der Waals surface area contributed by atoms with Crippen LogP contribution in [0.15, 0.2) is 47.4 Å². The van der Waals surface area contributed by atoms with Crippen molar-refractivity contribution in [2.24, 2.45) is 0 Å². The smallest absolute Gasteiger partial charge is 0.298 e. The van der Waals surface area contributed by atoms with Crippen molar-refractivity contribution in [1.29, 1.82) is 0 Å². The zero-order valence-electron chi connectivity index (χ0n) is 15.0. The standard InChI is InChI=1S/C21H18ClFN2O2S/c22-15-5-7-16(8-6-15)25-20(26)19(28-21(25)27)13-14-4-9-18(17(23)12-14)24-10-2-1-3-11-24/h4-9,12-13H,1-3,10-11H2/b19-13+. The van der Waals surface area contributed by atoms with Gasteiger partial charge in [0, 0.05) is 18.1 Å². The fourth-order valence-corrected chi connectivity index (χ4v) is 4.40. The maximum absolute atomic E-state index is 14.6. The lowest BCUT2D eigenvalue weighted by atomic mass is 10.1. The molecule has 4 nitrogen and oxygen atoms in total.